The third kappa shape index (κ3) is 8.08. The summed E-state index contributed by atoms with van der Waals surface area (Å²) in [5.41, 5.74) is 0. The van der Waals surface area contributed by atoms with Crippen LogP contribution in [0.2, 0.25) is 0 Å². The average molecular weight is 335 g/mol. The van der Waals surface area contributed by atoms with Gasteiger partial charge in [0.15, 0.2) is 0 Å². The van der Waals surface area contributed by atoms with Gasteiger partial charge in [0.25, 0.3) is 0 Å². The fourth-order valence-corrected chi connectivity index (χ4v) is 2.60. The molecular weight excluding hydrogens is 305 g/mol. The second-order valence-corrected chi connectivity index (χ2v) is 6.34. The largest absolute Gasteiger partial charge is 0.356 e. The molecule has 0 aromatic rings. The Hall–Kier alpha value is -1.47. The van der Waals surface area contributed by atoms with Crippen molar-refractivity contribution in [3.05, 3.63) is 0 Å². The van der Waals surface area contributed by atoms with Gasteiger partial charge < -0.3 is 15.5 Å². The molecule has 1 aliphatic heterocycles. The van der Waals surface area contributed by atoms with Crippen molar-refractivity contribution < 1.29 is 14.4 Å². The van der Waals surface area contributed by atoms with Crippen LogP contribution in [-0.2, 0) is 14.4 Å². The zero-order valence-electron chi connectivity index (χ0n) is 14.6. The van der Waals surface area contributed by atoms with Gasteiger partial charge in [-0.1, -0.05) is 0 Å². The van der Waals surface area contributed by atoms with Gasteiger partial charge >= 0.3 is 0 Å². The van der Waals surface area contributed by atoms with Crippen molar-refractivity contribution in [2.24, 2.45) is 0 Å². The van der Waals surface area contributed by atoms with E-state index in [0.29, 0.717) is 19.5 Å². The number of rotatable bonds is 10. The quantitative estimate of drug-likeness (QED) is 0.420. The molecule has 23 heavy (non-hydrogen) atoms. The Morgan fingerprint density at radius 2 is 1.83 bits per heavy atom. The van der Waals surface area contributed by atoms with E-state index in [9.17, 15) is 14.4 Å². The molecule has 1 atom stereocenters. The number of likely N-dealkylation sites (tertiary alicyclic amines) is 1. The van der Waals surface area contributed by atoms with Gasteiger partial charge in [0.1, 0.15) is 5.78 Å². The van der Waals surface area contributed by atoms with Gasteiger partial charge in [-0.2, -0.15) is 0 Å². The highest BCUT2D eigenvalue weighted by atomic mass is 16.3. The SMILES string of the molecule is C[13C](=O)[13CH2][13CH2][15NH][13C](=O)[13CH2]C[15NH]C(=O)C1CCCN1[13CH2][13CH2]N(C)C. The van der Waals surface area contributed by atoms with E-state index in [0.717, 1.165) is 32.5 Å². The van der Waals surface area contributed by atoms with Crippen molar-refractivity contribution in [3.8, 4) is 0 Å². The minimum atomic E-state index is -0.137. The molecule has 1 aliphatic rings. The van der Waals surface area contributed by atoms with E-state index in [-0.39, 0.29) is 30.1 Å². The fourth-order valence-electron chi connectivity index (χ4n) is 2.60. The van der Waals surface area contributed by atoms with Crippen molar-refractivity contribution in [2.75, 3.05) is 46.8 Å². The number of Topliss-reactive ketones (excluding diaryl/α,β-unsaturated/α-hetero) is 1. The molecule has 0 aromatic heterocycles. The number of hydrogen-bond donors (Lipinski definition) is 2. The Kier molecular flexibility index (Phi) is 8.79. The van der Waals surface area contributed by atoms with E-state index in [2.05, 4.69) is 20.4 Å². The lowest BCUT2D eigenvalue weighted by Gasteiger charge is -2.25. The lowest BCUT2D eigenvalue weighted by Crippen LogP contribution is -2.46. The third-order valence-corrected chi connectivity index (χ3v) is 3.95. The molecule has 7 nitrogen and oxygen atoms in total. The summed E-state index contributed by atoms with van der Waals surface area (Å²) in [5.74, 6) is -0.0714. The fraction of sp³-hybridized carbons (Fsp3) is 0.812. The number of likely N-dealkylation sites (N-methyl/N-ethyl adjacent to an activating group) is 1. The molecule has 0 bridgehead atoms. The van der Waals surface area contributed by atoms with E-state index in [1.807, 2.05) is 14.1 Å². The van der Waals surface area contributed by atoms with Crippen molar-refractivity contribution >= 4 is 17.6 Å². The predicted octanol–water partition coefficient (Wildman–Crippen LogP) is -0.386. The maximum Gasteiger partial charge on any atom is 0.237 e. The first-order chi connectivity index (χ1) is 10.9. The Bertz CT molecular complexity index is 412. The van der Waals surface area contributed by atoms with E-state index in [1.54, 1.807) is 0 Å². The minimum absolute atomic E-state index is 0.0118. The van der Waals surface area contributed by atoms with Crippen molar-refractivity contribution in [2.45, 2.75) is 38.6 Å². The average Bonchev–Trinajstić information content (AvgIpc) is 2.93. The number of carbonyl (C=O) groups excluding carboxylic acids is 3. The molecule has 1 fully saturated rings. The van der Waals surface area contributed by atoms with Crippen LogP contribution in [0.1, 0.15) is 32.6 Å². The molecule has 7 heteroatoms. The topological polar surface area (TPSA) is 81.8 Å². The minimum Gasteiger partial charge on any atom is -0.356 e. The second kappa shape index (κ2) is 10.3. The van der Waals surface area contributed by atoms with Crippen LogP contribution < -0.4 is 10.6 Å². The molecule has 0 spiro atoms. The molecule has 132 valence electrons. The van der Waals surface area contributed by atoms with E-state index in [1.165, 1.54) is 6.92 Å². The van der Waals surface area contributed by atoms with Gasteiger partial charge in [-0.3, -0.25) is 19.3 Å². The second-order valence-electron chi connectivity index (χ2n) is 6.34. The zero-order valence-corrected chi connectivity index (χ0v) is 14.6. The summed E-state index contributed by atoms with van der Waals surface area (Å²) in [4.78, 5) is 38.9. The summed E-state index contributed by atoms with van der Waals surface area (Å²) < 4.78 is 0. The first kappa shape index (κ1) is 19.6. The van der Waals surface area contributed by atoms with Gasteiger partial charge in [0.2, 0.25) is 11.8 Å². The molecule has 0 radical (unpaired) electrons. The molecule has 0 aromatic carbocycles. The van der Waals surface area contributed by atoms with Crippen molar-refractivity contribution in [1.82, 2.24) is 20.4 Å². The predicted molar refractivity (Wildman–Crippen MR) is 89.1 cm³/mol. The number of hydrogen-bond acceptors (Lipinski definition) is 5. The molecule has 1 heterocycles. The summed E-state index contributed by atoms with van der Waals surface area (Å²) in [6.45, 7) is 4.97. The van der Waals surface area contributed by atoms with Gasteiger partial charge in [-0.15, -0.1) is 0 Å². The van der Waals surface area contributed by atoms with Crippen LogP contribution >= 0.6 is 0 Å². The Morgan fingerprint density at radius 3 is 2.48 bits per heavy atom. The zero-order chi connectivity index (χ0) is 17.2. The number of amides is 2. The molecule has 1 unspecified atom stereocenters. The number of ketones is 1. The van der Waals surface area contributed by atoms with Crippen molar-refractivity contribution in [3.63, 3.8) is 0 Å². The van der Waals surface area contributed by atoms with Crippen LogP contribution in [0.3, 0.4) is 0 Å². The molecule has 2 N–H and O–H groups in total. The Balaban J connectivity index is 2.22. The van der Waals surface area contributed by atoms with Crippen LogP contribution in [-0.4, -0.2) is 80.3 Å². The highest BCUT2D eigenvalue weighted by Gasteiger charge is 2.30. The van der Waals surface area contributed by atoms with Crippen LogP contribution in [0.15, 0.2) is 0 Å². The lowest BCUT2D eigenvalue weighted by atomic mass is 10.2. The highest BCUT2D eigenvalue weighted by Crippen LogP contribution is 2.16. The summed E-state index contributed by atoms with van der Waals surface area (Å²) in [7, 11) is 4.05. The molecule has 1 rings (SSSR count). The first-order valence-electron chi connectivity index (χ1n) is 8.32. The molecule has 1 saturated heterocycles. The Morgan fingerprint density at radius 1 is 1.13 bits per heavy atom. The Labute approximate surface area is 138 Å². The van der Waals surface area contributed by atoms with E-state index >= 15 is 0 Å². The number of carbonyl (C=O) groups is 3. The van der Waals surface area contributed by atoms with Gasteiger partial charge in [-0.05, 0) is 40.4 Å². The molecule has 2 amide bonds. The smallest absolute Gasteiger partial charge is 0.237 e. The summed E-state index contributed by atoms with van der Waals surface area (Å²) in [6, 6.07) is -0.0734. The lowest BCUT2D eigenvalue weighted by molar-refractivity contribution is -0.125. The summed E-state index contributed by atoms with van der Waals surface area (Å²) >= 11 is 0. The van der Waals surface area contributed by atoms with Crippen molar-refractivity contribution in [1.29, 1.82) is 0 Å². The summed E-state index contributed by atoms with van der Waals surface area (Å²) in [6.07, 6.45) is 2.51. The standard InChI is InChI=1S/C16H30N4O3/c1-13(21)6-8-17-15(22)7-9-18-16(23)14-5-4-10-20(14)12-11-19(2)3/h14H,4-12H2,1-3H3,(H,17,22)(H,18,23)/i6+1,7+1,8+1,11+1,12+1,13+1,15+1,17+1,18+1. The van der Waals surface area contributed by atoms with Crippen LogP contribution in [0.25, 0.3) is 0 Å². The highest BCUT2D eigenvalue weighted by molar-refractivity contribution is 5.83. The van der Waals surface area contributed by atoms with Gasteiger partial charge in [0.05, 0.1) is 6.04 Å². The van der Waals surface area contributed by atoms with Gasteiger partial charge in [0, 0.05) is 39.0 Å². The maximum atomic E-state index is 12.2. The number of nitrogens with zero attached hydrogens (tertiary/aromatic N) is 2. The summed E-state index contributed by atoms with van der Waals surface area (Å²) in [5, 5.41) is 5.52. The van der Waals surface area contributed by atoms with Crippen LogP contribution in [0.4, 0.5) is 0 Å². The molecule has 0 aliphatic carbocycles. The third-order valence-electron chi connectivity index (χ3n) is 3.95. The normalized spacial score (nSPS) is 18.2. The maximum absolute atomic E-state index is 12.2. The van der Waals surface area contributed by atoms with E-state index < -0.39 is 0 Å². The molecular formula is C16H30N4O3. The number of nitrogens with one attached hydrogen (secondary N) is 2. The molecule has 0 saturated carbocycles. The van der Waals surface area contributed by atoms with Crippen LogP contribution in [0.5, 0.6) is 0 Å². The van der Waals surface area contributed by atoms with Gasteiger partial charge in [-0.25, -0.2) is 0 Å². The monoisotopic (exact) mass is 335 g/mol. The van der Waals surface area contributed by atoms with Crippen LogP contribution in [0, 0.1) is 0 Å². The first-order valence-corrected chi connectivity index (χ1v) is 8.32. The van der Waals surface area contributed by atoms with E-state index in [4.69, 9.17) is 0 Å².